The summed E-state index contributed by atoms with van der Waals surface area (Å²) in [6, 6.07) is -0.249. The van der Waals surface area contributed by atoms with Crippen LogP contribution < -0.4 is 15.5 Å². The molecule has 0 bridgehead atoms. The third kappa shape index (κ3) is 6.00. The second-order valence-electron chi connectivity index (χ2n) is 6.21. The van der Waals surface area contributed by atoms with E-state index in [1.165, 1.54) is 23.7 Å². The third-order valence-electron chi connectivity index (χ3n) is 4.01. The lowest BCUT2D eigenvalue weighted by Gasteiger charge is -2.20. The Morgan fingerprint density at radius 2 is 1.96 bits per heavy atom. The van der Waals surface area contributed by atoms with Gasteiger partial charge in [-0.2, -0.15) is 0 Å². The molecule has 142 valence electrons. The Bertz CT molecular complexity index is 575. The number of aromatic nitrogens is 3. The maximum Gasteiger partial charge on any atom is 0.321 e. The van der Waals surface area contributed by atoms with Gasteiger partial charge in [-0.3, -0.25) is 10.1 Å². The molecular formula is C16H31N6O2S+. The number of thioether (sulfide) groups is 1. The highest BCUT2D eigenvalue weighted by Gasteiger charge is 2.26. The van der Waals surface area contributed by atoms with Gasteiger partial charge in [-0.1, -0.05) is 32.0 Å². The normalized spacial score (nSPS) is 13.6. The molecule has 3 N–H and O–H groups in total. The minimum Gasteiger partial charge on any atom is -0.341 e. The number of nitrogens with one attached hydrogen (secondary N) is 3. The Kier molecular flexibility index (Phi) is 8.91. The molecule has 1 heterocycles. The molecule has 0 spiro atoms. The lowest BCUT2D eigenvalue weighted by Crippen LogP contribution is -3.06. The van der Waals surface area contributed by atoms with Crippen molar-refractivity contribution in [3.05, 3.63) is 5.82 Å². The number of carbonyl (C=O) groups excluding carboxylic acids is 2. The molecule has 1 aromatic rings. The lowest BCUT2D eigenvalue weighted by atomic mass is 10.2. The maximum absolute atomic E-state index is 12.1. The van der Waals surface area contributed by atoms with Crippen molar-refractivity contribution >= 4 is 23.7 Å². The van der Waals surface area contributed by atoms with Crippen molar-refractivity contribution in [2.24, 2.45) is 0 Å². The van der Waals surface area contributed by atoms with E-state index in [0.717, 1.165) is 36.8 Å². The lowest BCUT2D eigenvalue weighted by molar-refractivity contribution is -0.893. The molecule has 0 aliphatic carbocycles. The van der Waals surface area contributed by atoms with Crippen LogP contribution in [-0.2, 0) is 11.3 Å². The fourth-order valence-corrected chi connectivity index (χ4v) is 3.39. The molecule has 1 aromatic heterocycles. The van der Waals surface area contributed by atoms with Crippen LogP contribution in [0.5, 0.6) is 0 Å². The number of amides is 3. The Morgan fingerprint density at radius 3 is 2.48 bits per heavy atom. The number of nitrogens with zero attached hydrogens (tertiary/aromatic N) is 3. The van der Waals surface area contributed by atoms with Crippen molar-refractivity contribution in [2.45, 2.75) is 63.0 Å². The summed E-state index contributed by atoms with van der Waals surface area (Å²) in [7, 11) is 5.70. The number of carbonyl (C=O) groups is 2. The monoisotopic (exact) mass is 371 g/mol. The van der Waals surface area contributed by atoms with Crippen LogP contribution >= 0.6 is 11.8 Å². The molecule has 8 nitrogen and oxygen atoms in total. The Balaban J connectivity index is 3.00. The standard InChI is InChI=1S/C16H30N6O2S/c1-7-9-10-22-13(12(8-2)21(5)6)19-20-16(22)25-11(3)14(23)18-15(24)17-4/h11-12H,7-10H2,1-6H3,(H2,17,18,23,24)/p+1/t11-,12-/m0/s1. The number of hydrogen-bond acceptors (Lipinski definition) is 5. The smallest absolute Gasteiger partial charge is 0.321 e. The Labute approximate surface area is 154 Å². The predicted molar refractivity (Wildman–Crippen MR) is 98.7 cm³/mol. The van der Waals surface area contributed by atoms with E-state index in [0.29, 0.717) is 0 Å². The van der Waals surface area contributed by atoms with Crippen LogP contribution in [0.25, 0.3) is 0 Å². The van der Waals surface area contributed by atoms with Gasteiger partial charge in [0.15, 0.2) is 11.0 Å². The van der Waals surface area contributed by atoms with Gasteiger partial charge in [-0.15, -0.1) is 10.2 Å². The first-order valence-electron chi connectivity index (χ1n) is 8.77. The number of rotatable bonds is 9. The summed E-state index contributed by atoms with van der Waals surface area (Å²) in [5, 5.41) is 13.7. The van der Waals surface area contributed by atoms with E-state index in [1.54, 1.807) is 6.92 Å². The van der Waals surface area contributed by atoms with Gasteiger partial charge in [0.2, 0.25) is 5.91 Å². The summed E-state index contributed by atoms with van der Waals surface area (Å²) in [6.07, 6.45) is 3.06. The first kappa shape index (κ1) is 21.4. The average Bonchev–Trinajstić information content (AvgIpc) is 2.95. The average molecular weight is 372 g/mol. The van der Waals surface area contributed by atoms with Gasteiger partial charge in [0.1, 0.15) is 6.04 Å². The molecule has 0 unspecified atom stereocenters. The van der Waals surface area contributed by atoms with Crippen LogP contribution in [-0.4, -0.2) is 53.1 Å². The van der Waals surface area contributed by atoms with Gasteiger partial charge >= 0.3 is 6.03 Å². The Morgan fingerprint density at radius 1 is 1.28 bits per heavy atom. The van der Waals surface area contributed by atoms with Crippen molar-refractivity contribution in [3.8, 4) is 0 Å². The molecule has 0 saturated heterocycles. The van der Waals surface area contributed by atoms with Gasteiger partial charge in [0.05, 0.1) is 19.3 Å². The number of urea groups is 1. The van der Waals surface area contributed by atoms with Gasteiger partial charge in [-0.05, 0) is 13.3 Å². The highest BCUT2D eigenvalue weighted by molar-refractivity contribution is 8.00. The first-order valence-corrected chi connectivity index (χ1v) is 9.65. The van der Waals surface area contributed by atoms with E-state index in [4.69, 9.17) is 0 Å². The largest absolute Gasteiger partial charge is 0.341 e. The summed E-state index contributed by atoms with van der Waals surface area (Å²) in [5.41, 5.74) is 0. The zero-order valence-corrected chi connectivity index (χ0v) is 16.9. The fraction of sp³-hybridized carbons (Fsp3) is 0.750. The maximum atomic E-state index is 12.1. The van der Waals surface area contributed by atoms with E-state index >= 15 is 0 Å². The van der Waals surface area contributed by atoms with E-state index in [2.05, 4.69) is 53.3 Å². The van der Waals surface area contributed by atoms with Crippen LogP contribution in [0.4, 0.5) is 4.79 Å². The van der Waals surface area contributed by atoms with Crippen molar-refractivity contribution in [1.29, 1.82) is 0 Å². The number of imide groups is 1. The summed E-state index contributed by atoms with van der Waals surface area (Å²) in [6.45, 7) is 6.87. The molecule has 0 aliphatic heterocycles. The number of unbranched alkanes of at least 4 members (excludes halogenated alkanes) is 1. The zero-order valence-electron chi connectivity index (χ0n) is 16.0. The molecule has 0 fully saturated rings. The second kappa shape index (κ2) is 10.4. The Hall–Kier alpha value is -1.61. The molecule has 0 aromatic carbocycles. The summed E-state index contributed by atoms with van der Waals surface area (Å²) >= 11 is 1.33. The van der Waals surface area contributed by atoms with E-state index in [9.17, 15) is 9.59 Å². The molecule has 1 rings (SSSR count). The summed E-state index contributed by atoms with van der Waals surface area (Å²) in [4.78, 5) is 24.7. The third-order valence-corrected chi connectivity index (χ3v) is 5.09. The highest BCUT2D eigenvalue weighted by atomic mass is 32.2. The first-order chi connectivity index (χ1) is 11.8. The zero-order chi connectivity index (χ0) is 19.0. The summed E-state index contributed by atoms with van der Waals surface area (Å²) in [5.74, 6) is 0.610. The molecule has 0 saturated carbocycles. The SMILES string of the molecule is CCCCn1c(S[C@@H](C)C(=O)NC(=O)NC)nnc1[C@H](CC)[NH+](C)C. The van der Waals surface area contributed by atoms with Crippen molar-refractivity contribution in [2.75, 3.05) is 21.1 Å². The molecule has 3 amide bonds. The second-order valence-corrected chi connectivity index (χ2v) is 7.52. The van der Waals surface area contributed by atoms with Crippen molar-refractivity contribution in [1.82, 2.24) is 25.4 Å². The van der Waals surface area contributed by atoms with E-state index < -0.39 is 11.3 Å². The van der Waals surface area contributed by atoms with E-state index in [-0.39, 0.29) is 11.9 Å². The molecule has 0 aliphatic rings. The minimum atomic E-state index is -0.507. The number of hydrogen-bond donors (Lipinski definition) is 3. The van der Waals surface area contributed by atoms with Crippen LogP contribution in [0.1, 0.15) is 51.9 Å². The molecule has 9 heteroatoms. The highest BCUT2D eigenvalue weighted by Crippen LogP contribution is 2.25. The topological polar surface area (TPSA) is 93.4 Å². The predicted octanol–water partition coefficient (Wildman–Crippen LogP) is 0.610. The molecule has 2 atom stereocenters. The molecule has 25 heavy (non-hydrogen) atoms. The van der Waals surface area contributed by atoms with Crippen LogP contribution in [0.3, 0.4) is 0 Å². The van der Waals surface area contributed by atoms with Crippen LogP contribution in [0, 0.1) is 0 Å². The number of quaternary nitrogens is 1. The van der Waals surface area contributed by atoms with Gasteiger partial charge in [-0.25, -0.2) is 4.79 Å². The fourth-order valence-electron chi connectivity index (χ4n) is 2.51. The van der Waals surface area contributed by atoms with Gasteiger partial charge < -0.3 is 14.8 Å². The summed E-state index contributed by atoms with van der Waals surface area (Å²) < 4.78 is 2.12. The van der Waals surface area contributed by atoms with Gasteiger partial charge in [0.25, 0.3) is 0 Å². The molecular weight excluding hydrogens is 340 g/mol. The quantitative estimate of drug-likeness (QED) is 0.553. The van der Waals surface area contributed by atoms with Crippen LogP contribution in [0.2, 0.25) is 0 Å². The van der Waals surface area contributed by atoms with Crippen molar-refractivity contribution < 1.29 is 14.5 Å². The van der Waals surface area contributed by atoms with Crippen LogP contribution in [0.15, 0.2) is 5.16 Å². The molecule has 0 radical (unpaired) electrons. The van der Waals surface area contributed by atoms with Gasteiger partial charge in [0, 0.05) is 20.0 Å². The van der Waals surface area contributed by atoms with E-state index in [1.807, 2.05) is 0 Å². The minimum absolute atomic E-state index is 0.258. The van der Waals surface area contributed by atoms with Crippen molar-refractivity contribution in [3.63, 3.8) is 0 Å².